The van der Waals surface area contributed by atoms with Gasteiger partial charge in [0.25, 0.3) is 5.91 Å². The number of thioether (sulfide) groups is 1. The molecule has 1 fully saturated rings. The Kier molecular flexibility index (Phi) is 5.61. The van der Waals surface area contributed by atoms with Gasteiger partial charge in [-0.15, -0.1) is 23.1 Å². The molecular weight excluding hydrogens is 378 g/mol. The van der Waals surface area contributed by atoms with Crippen LogP contribution in [0.1, 0.15) is 43.6 Å². The molecule has 2 heterocycles. The summed E-state index contributed by atoms with van der Waals surface area (Å²) in [6.07, 6.45) is 4.51. The van der Waals surface area contributed by atoms with Crippen LogP contribution in [0.5, 0.6) is 0 Å². The first-order chi connectivity index (χ1) is 13.2. The van der Waals surface area contributed by atoms with E-state index >= 15 is 0 Å². The molecule has 7 heteroatoms. The Labute approximate surface area is 167 Å². The standard InChI is InChI=1S/C20H23N3O2S2/c1-26-17-8-3-2-5-14(17)20(25)23-11-9-22(10-12-23)13-18-21-15-6-4-7-16(24)19(15)27-18/h2-3,5,8H,4,6-7,9-13H2,1H3. The summed E-state index contributed by atoms with van der Waals surface area (Å²) in [5, 5.41) is 1.03. The second kappa shape index (κ2) is 8.12. The van der Waals surface area contributed by atoms with Crippen molar-refractivity contribution in [3.05, 3.63) is 45.4 Å². The Balaban J connectivity index is 1.37. The van der Waals surface area contributed by atoms with Gasteiger partial charge in [0.15, 0.2) is 5.78 Å². The van der Waals surface area contributed by atoms with Crippen molar-refractivity contribution in [3.63, 3.8) is 0 Å². The molecule has 1 aliphatic heterocycles. The van der Waals surface area contributed by atoms with E-state index in [1.165, 1.54) is 0 Å². The summed E-state index contributed by atoms with van der Waals surface area (Å²) in [7, 11) is 0. The number of carbonyl (C=O) groups is 2. The highest BCUT2D eigenvalue weighted by Crippen LogP contribution is 2.28. The molecule has 4 rings (SSSR count). The molecule has 1 amide bonds. The molecule has 0 saturated carbocycles. The van der Waals surface area contributed by atoms with E-state index in [1.807, 2.05) is 35.4 Å². The monoisotopic (exact) mass is 401 g/mol. The van der Waals surface area contributed by atoms with E-state index < -0.39 is 0 Å². The zero-order chi connectivity index (χ0) is 18.8. The molecule has 1 aromatic carbocycles. The van der Waals surface area contributed by atoms with Gasteiger partial charge < -0.3 is 4.90 Å². The number of aryl methyl sites for hydroxylation is 1. The topological polar surface area (TPSA) is 53.5 Å². The summed E-state index contributed by atoms with van der Waals surface area (Å²) < 4.78 is 0. The van der Waals surface area contributed by atoms with Crippen LogP contribution in [0, 0.1) is 0 Å². The quantitative estimate of drug-likeness (QED) is 0.736. The predicted molar refractivity (Wildman–Crippen MR) is 109 cm³/mol. The molecule has 0 N–H and O–H groups in total. The number of rotatable bonds is 4. The Morgan fingerprint density at radius 1 is 1.19 bits per heavy atom. The fourth-order valence-corrected chi connectivity index (χ4v) is 5.39. The fourth-order valence-electron chi connectivity index (χ4n) is 3.68. The molecule has 0 radical (unpaired) electrons. The van der Waals surface area contributed by atoms with Gasteiger partial charge in [0.05, 0.1) is 22.7 Å². The first kappa shape index (κ1) is 18.7. The average molecular weight is 402 g/mol. The van der Waals surface area contributed by atoms with Gasteiger partial charge in [-0.05, 0) is 31.2 Å². The van der Waals surface area contributed by atoms with Crippen molar-refractivity contribution in [2.24, 2.45) is 0 Å². The third-order valence-electron chi connectivity index (χ3n) is 5.17. The molecule has 0 unspecified atom stereocenters. The second-order valence-electron chi connectivity index (χ2n) is 6.93. The Hall–Kier alpha value is -1.70. The minimum Gasteiger partial charge on any atom is -0.336 e. The predicted octanol–water partition coefficient (Wildman–Crippen LogP) is 3.34. The molecule has 0 atom stereocenters. The van der Waals surface area contributed by atoms with Crippen LogP contribution < -0.4 is 0 Å². The van der Waals surface area contributed by atoms with Crippen LogP contribution in [-0.4, -0.2) is 58.9 Å². The maximum atomic E-state index is 12.9. The summed E-state index contributed by atoms with van der Waals surface area (Å²) in [6, 6.07) is 7.81. The molecule has 27 heavy (non-hydrogen) atoms. The maximum Gasteiger partial charge on any atom is 0.255 e. The van der Waals surface area contributed by atoms with E-state index in [2.05, 4.69) is 4.90 Å². The molecule has 0 bridgehead atoms. The van der Waals surface area contributed by atoms with Crippen LogP contribution in [0.4, 0.5) is 0 Å². The lowest BCUT2D eigenvalue weighted by molar-refractivity contribution is 0.0625. The number of ketones is 1. The highest BCUT2D eigenvalue weighted by Gasteiger charge is 2.26. The number of thiazole rings is 1. The number of amides is 1. The third-order valence-corrected chi connectivity index (χ3v) is 7.09. The van der Waals surface area contributed by atoms with Crippen LogP contribution in [0.15, 0.2) is 29.2 Å². The molecule has 0 spiro atoms. The number of piperazine rings is 1. The number of aromatic nitrogens is 1. The first-order valence-electron chi connectivity index (χ1n) is 9.32. The smallest absolute Gasteiger partial charge is 0.255 e. The highest BCUT2D eigenvalue weighted by molar-refractivity contribution is 7.98. The van der Waals surface area contributed by atoms with Crippen LogP contribution in [0.3, 0.4) is 0 Å². The lowest BCUT2D eigenvalue weighted by atomic mass is 10.0. The number of hydrogen-bond donors (Lipinski definition) is 0. The molecular formula is C20H23N3O2S2. The summed E-state index contributed by atoms with van der Waals surface area (Å²) >= 11 is 3.17. The molecule has 5 nitrogen and oxygen atoms in total. The highest BCUT2D eigenvalue weighted by atomic mass is 32.2. The molecule has 1 aliphatic carbocycles. The van der Waals surface area contributed by atoms with Crippen LogP contribution in [0.2, 0.25) is 0 Å². The van der Waals surface area contributed by atoms with Crippen molar-refractivity contribution in [1.82, 2.24) is 14.8 Å². The molecule has 1 aromatic heterocycles. The van der Waals surface area contributed by atoms with E-state index in [0.29, 0.717) is 6.42 Å². The van der Waals surface area contributed by atoms with E-state index in [-0.39, 0.29) is 11.7 Å². The SMILES string of the molecule is CSc1ccccc1C(=O)N1CCN(Cc2nc3c(s2)C(=O)CCC3)CC1. The zero-order valence-corrected chi connectivity index (χ0v) is 17.1. The van der Waals surface area contributed by atoms with E-state index in [4.69, 9.17) is 4.98 Å². The molecule has 2 aromatic rings. The Morgan fingerprint density at radius 3 is 2.70 bits per heavy atom. The number of Topliss-reactive ketones (excluding diaryl/α,β-unsaturated/α-hetero) is 1. The van der Waals surface area contributed by atoms with Crippen molar-refractivity contribution in [1.29, 1.82) is 0 Å². The molecule has 142 valence electrons. The van der Waals surface area contributed by atoms with Gasteiger partial charge in [0.2, 0.25) is 0 Å². The van der Waals surface area contributed by atoms with Crippen molar-refractivity contribution >= 4 is 34.8 Å². The minimum atomic E-state index is 0.120. The van der Waals surface area contributed by atoms with E-state index in [0.717, 1.165) is 71.6 Å². The van der Waals surface area contributed by atoms with Gasteiger partial charge in [-0.3, -0.25) is 14.5 Å². The van der Waals surface area contributed by atoms with Gasteiger partial charge in [-0.25, -0.2) is 4.98 Å². The first-order valence-corrected chi connectivity index (χ1v) is 11.4. The molecule has 2 aliphatic rings. The lowest BCUT2D eigenvalue weighted by Crippen LogP contribution is -2.48. The maximum absolute atomic E-state index is 12.9. The minimum absolute atomic E-state index is 0.120. The van der Waals surface area contributed by atoms with Crippen LogP contribution in [0.25, 0.3) is 0 Å². The van der Waals surface area contributed by atoms with Crippen molar-refractivity contribution in [2.45, 2.75) is 30.7 Å². The van der Waals surface area contributed by atoms with Crippen LogP contribution >= 0.6 is 23.1 Å². The van der Waals surface area contributed by atoms with Gasteiger partial charge in [-0.2, -0.15) is 0 Å². The third kappa shape index (κ3) is 3.95. The summed E-state index contributed by atoms with van der Waals surface area (Å²) in [5.41, 5.74) is 1.79. The Morgan fingerprint density at radius 2 is 1.96 bits per heavy atom. The number of fused-ring (bicyclic) bond motifs is 1. The van der Waals surface area contributed by atoms with Crippen LogP contribution in [-0.2, 0) is 13.0 Å². The van der Waals surface area contributed by atoms with Crippen molar-refractivity contribution in [3.8, 4) is 0 Å². The van der Waals surface area contributed by atoms with Gasteiger partial charge in [-0.1, -0.05) is 12.1 Å². The molecule has 1 saturated heterocycles. The van der Waals surface area contributed by atoms with Gasteiger partial charge >= 0.3 is 0 Å². The number of benzene rings is 1. The van der Waals surface area contributed by atoms with Crippen molar-refractivity contribution in [2.75, 3.05) is 32.4 Å². The summed E-state index contributed by atoms with van der Waals surface area (Å²) in [4.78, 5) is 35.7. The normalized spacial score (nSPS) is 17.8. The Bertz CT molecular complexity index is 857. The largest absolute Gasteiger partial charge is 0.336 e. The number of nitrogens with zero attached hydrogens (tertiary/aromatic N) is 3. The van der Waals surface area contributed by atoms with Gasteiger partial charge in [0, 0.05) is 37.5 Å². The summed E-state index contributed by atoms with van der Waals surface area (Å²) in [5.74, 6) is 0.373. The number of carbonyl (C=O) groups excluding carboxylic acids is 2. The average Bonchev–Trinajstić information content (AvgIpc) is 3.12. The fraction of sp³-hybridized carbons (Fsp3) is 0.450. The van der Waals surface area contributed by atoms with E-state index in [1.54, 1.807) is 23.1 Å². The van der Waals surface area contributed by atoms with Crippen molar-refractivity contribution < 1.29 is 9.59 Å². The van der Waals surface area contributed by atoms with E-state index in [9.17, 15) is 9.59 Å². The van der Waals surface area contributed by atoms with Gasteiger partial charge in [0.1, 0.15) is 5.01 Å². The number of hydrogen-bond acceptors (Lipinski definition) is 6. The zero-order valence-electron chi connectivity index (χ0n) is 15.4. The lowest BCUT2D eigenvalue weighted by Gasteiger charge is -2.34. The second-order valence-corrected chi connectivity index (χ2v) is 8.86. The summed E-state index contributed by atoms with van der Waals surface area (Å²) in [6.45, 7) is 3.91.